The summed E-state index contributed by atoms with van der Waals surface area (Å²) in [6.45, 7) is 3.92. The van der Waals surface area contributed by atoms with E-state index < -0.39 is 59.8 Å². The molecule has 1 fully saturated rings. The van der Waals surface area contributed by atoms with E-state index in [-0.39, 0.29) is 19.6 Å². The molecule has 58 heavy (non-hydrogen) atoms. The van der Waals surface area contributed by atoms with E-state index in [1.807, 2.05) is 0 Å². The molecule has 0 aromatic rings. The summed E-state index contributed by atoms with van der Waals surface area (Å²) >= 11 is 0. The number of hydrogen-bond donors (Lipinski definition) is 4. The van der Waals surface area contributed by atoms with Gasteiger partial charge in [0.2, 0.25) is 0 Å². The molecule has 1 aliphatic heterocycles. The van der Waals surface area contributed by atoms with Crippen LogP contribution in [0.25, 0.3) is 0 Å². The predicted molar refractivity (Wildman–Crippen MR) is 230 cm³/mol. The van der Waals surface area contributed by atoms with E-state index in [2.05, 4.69) is 54.5 Å². The average Bonchev–Trinajstić information content (AvgIpc) is 3.19. The molecule has 0 bridgehead atoms. The third-order valence-electron chi connectivity index (χ3n) is 10.2. The maximum Gasteiger partial charge on any atom is 0.397 e. The molecule has 1 heterocycles. The number of unbranched alkanes of at least 4 members (excludes halogenated alkanes) is 20. The van der Waals surface area contributed by atoms with Crippen LogP contribution in [0.1, 0.15) is 181 Å². The minimum absolute atomic E-state index is 0.0291. The molecule has 1 rings (SSSR count). The zero-order valence-electron chi connectivity index (χ0n) is 36.1. The Hall–Kier alpha value is -1.68. The van der Waals surface area contributed by atoms with Crippen LogP contribution >= 0.6 is 0 Å². The first-order chi connectivity index (χ1) is 28.1. The van der Waals surface area contributed by atoms with Crippen LogP contribution in [0.2, 0.25) is 0 Å². The minimum atomic E-state index is -5.06. The highest BCUT2D eigenvalue weighted by molar-refractivity contribution is 7.80. The molecule has 0 aromatic heterocycles. The van der Waals surface area contributed by atoms with Gasteiger partial charge in [-0.25, -0.2) is 4.18 Å². The van der Waals surface area contributed by atoms with E-state index >= 15 is 0 Å². The Labute approximate surface area is 352 Å². The lowest BCUT2D eigenvalue weighted by Crippen LogP contribution is -2.60. The maximum absolute atomic E-state index is 12.8. The lowest BCUT2D eigenvalue weighted by atomic mass is 9.99. The molecule has 13 heteroatoms. The zero-order chi connectivity index (χ0) is 42.5. The monoisotopic (exact) mass is 847 g/mol. The number of carbonyl (C=O) groups is 1. The van der Waals surface area contributed by atoms with Gasteiger partial charge in [-0.05, 0) is 70.6 Å². The van der Waals surface area contributed by atoms with E-state index in [1.165, 1.54) is 83.5 Å². The first-order valence-corrected chi connectivity index (χ1v) is 24.1. The Morgan fingerprint density at radius 3 is 1.69 bits per heavy atom. The smallest absolute Gasteiger partial charge is 0.397 e. The van der Waals surface area contributed by atoms with Gasteiger partial charge in [0.15, 0.2) is 6.29 Å². The van der Waals surface area contributed by atoms with Gasteiger partial charge < -0.3 is 34.3 Å². The van der Waals surface area contributed by atoms with Crippen molar-refractivity contribution in [1.82, 2.24) is 0 Å². The summed E-state index contributed by atoms with van der Waals surface area (Å²) in [4.78, 5) is 12.8. The van der Waals surface area contributed by atoms with Crippen molar-refractivity contribution in [2.75, 3.05) is 26.4 Å². The number of ether oxygens (including phenoxy) is 4. The number of aliphatic hydroxyl groups is 3. The number of hydrogen-bond acceptors (Lipinski definition) is 11. The molecule has 0 saturated carbocycles. The molecule has 1 saturated heterocycles. The van der Waals surface area contributed by atoms with Crippen molar-refractivity contribution in [3.8, 4) is 0 Å². The fourth-order valence-electron chi connectivity index (χ4n) is 6.76. The van der Waals surface area contributed by atoms with Crippen LogP contribution in [0.3, 0.4) is 0 Å². The van der Waals surface area contributed by atoms with E-state index in [1.54, 1.807) is 0 Å². The first-order valence-electron chi connectivity index (χ1n) is 22.7. The molecule has 0 radical (unpaired) electrons. The number of allylic oxidation sites excluding steroid dienone is 6. The van der Waals surface area contributed by atoms with Crippen molar-refractivity contribution in [1.29, 1.82) is 0 Å². The number of carbonyl (C=O) groups excluding carboxylic acids is 1. The molecule has 1 aliphatic rings. The van der Waals surface area contributed by atoms with Gasteiger partial charge in [-0.2, -0.15) is 8.42 Å². The van der Waals surface area contributed by atoms with Crippen LogP contribution in [-0.2, 0) is 38.3 Å². The van der Waals surface area contributed by atoms with Crippen molar-refractivity contribution in [3.63, 3.8) is 0 Å². The highest BCUT2D eigenvalue weighted by Gasteiger charge is 2.48. The molecule has 0 amide bonds. The summed E-state index contributed by atoms with van der Waals surface area (Å²) in [7, 11) is -5.06. The second-order valence-electron chi connectivity index (χ2n) is 15.6. The van der Waals surface area contributed by atoms with Crippen LogP contribution in [0.4, 0.5) is 0 Å². The largest absolute Gasteiger partial charge is 0.457 e. The Morgan fingerprint density at radius 1 is 0.655 bits per heavy atom. The summed E-state index contributed by atoms with van der Waals surface area (Å²) in [5.74, 6) is -0.411. The molecule has 0 spiro atoms. The van der Waals surface area contributed by atoms with Crippen molar-refractivity contribution in [3.05, 3.63) is 36.5 Å². The molecule has 0 aromatic carbocycles. The second kappa shape index (κ2) is 37.1. The average molecular weight is 847 g/mol. The van der Waals surface area contributed by atoms with E-state index in [4.69, 9.17) is 23.5 Å². The molecule has 340 valence electrons. The van der Waals surface area contributed by atoms with Crippen molar-refractivity contribution in [2.45, 2.75) is 218 Å². The van der Waals surface area contributed by atoms with Crippen LogP contribution in [0.15, 0.2) is 36.5 Å². The number of rotatable bonds is 39. The van der Waals surface area contributed by atoms with E-state index in [0.29, 0.717) is 13.0 Å². The molecule has 0 aliphatic carbocycles. The third kappa shape index (κ3) is 30.4. The molecule has 12 nitrogen and oxygen atoms in total. The Kier molecular flexibility index (Phi) is 34.8. The van der Waals surface area contributed by atoms with Crippen LogP contribution in [0, 0.1) is 0 Å². The maximum atomic E-state index is 12.8. The van der Waals surface area contributed by atoms with Gasteiger partial charge in [-0.1, -0.05) is 140 Å². The van der Waals surface area contributed by atoms with Gasteiger partial charge in [0.1, 0.15) is 30.5 Å². The number of aliphatic hydroxyl groups excluding tert-OH is 3. The Balaban J connectivity index is 2.43. The summed E-state index contributed by atoms with van der Waals surface area (Å²) in [5, 5.41) is 30.6. The summed E-state index contributed by atoms with van der Waals surface area (Å²) in [5.41, 5.74) is 0. The summed E-state index contributed by atoms with van der Waals surface area (Å²) < 4.78 is 59.0. The van der Waals surface area contributed by atoms with Gasteiger partial charge in [0.25, 0.3) is 0 Å². The minimum Gasteiger partial charge on any atom is -0.457 e. The molecule has 4 N–H and O–H groups in total. The summed E-state index contributed by atoms with van der Waals surface area (Å²) in [6, 6.07) is 0. The fourth-order valence-corrected chi connectivity index (χ4v) is 7.26. The molecule has 6 unspecified atom stereocenters. The Bertz CT molecular complexity index is 1160. The standard InChI is InChI=1S/C45H82O12S/c1-3-5-7-9-11-13-15-17-18-19-20-21-23-25-27-29-31-33-35-53-37-39(38-54-45-43(49)44(57-58(50,51)52)42(48)40(36-46)56-45)55-41(47)34-32-30-28-26-24-22-16-14-12-10-8-6-4-2/h11,13-14,16-18,39-40,42-46,48-49H,3-10,12,15,19-38H2,1-2H3,(H,50,51,52)/b13-11-,16-14-,18-17-. The fraction of sp³-hybridized carbons (Fsp3) is 0.844. The van der Waals surface area contributed by atoms with Gasteiger partial charge >= 0.3 is 16.4 Å². The van der Waals surface area contributed by atoms with Crippen molar-refractivity contribution >= 4 is 16.4 Å². The first kappa shape index (κ1) is 54.3. The molecular weight excluding hydrogens is 765 g/mol. The van der Waals surface area contributed by atoms with Gasteiger partial charge in [-0.15, -0.1) is 0 Å². The van der Waals surface area contributed by atoms with Crippen LogP contribution < -0.4 is 0 Å². The van der Waals surface area contributed by atoms with Crippen molar-refractivity contribution < 1.29 is 56.2 Å². The predicted octanol–water partition coefficient (Wildman–Crippen LogP) is 9.41. The topological polar surface area (TPSA) is 178 Å². The van der Waals surface area contributed by atoms with Crippen molar-refractivity contribution in [2.24, 2.45) is 0 Å². The van der Waals surface area contributed by atoms with E-state index in [9.17, 15) is 28.5 Å². The van der Waals surface area contributed by atoms with Crippen LogP contribution in [0.5, 0.6) is 0 Å². The highest BCUT2D eigenvalue weighted by Crippen LogP contribution is 2.26. The lowest BCUT2D eigenvalue weighted by Gasteiger charge is -2.41. The van der Waals surface area contributed by atoms with Gasteiger partial charge in [-0.3, -0.25) is 9.35 Å². The SMILES string of the molecule is CCCCC/C=C\C/C=C\CCCCCCCCCCOCC(COC1OC(CO)C(O)C(OS(=O)(=O)O)C1O)OC(=O)CCCCCCC/C=C\CCCCCC. The molecule has 6 atom stereocenters. The van der Waals surface area contributed by atoms with Gasteiger partial charge in [0, 0.05) is 13.0 Å². The van der Waals surface area contributed by atoms with Gasteiger partial charge in [0.05, 0.1) is 19.8 Å². The summed E-state index contributed by atoms with van der Waals surface area (Å²) in [6.07, 6.45) is 33.2. The Morgan fingerprint density at radius 2 is 1.14 bits per heavy atom. The number of esters is 1. The highest BCUT2D eigenvalue weighted by atomic mass is 32.3. The zero-order valence-corrected chi connectivity index (χ0v) is 36.9. The third-order valence-corrected chi connectivity index (χ3v) is 10.7. The van der Waals surface area contributed by atoms with E-state index in [0.717, 1.165) is 70.6 Å². The normalized spacial score (nSPS) is 20.8. The van der Waals surface area contributed by atoms with Crippen LogP contribution in [-0.4, -0.2) is 97.5 Å². The second-order valence-corrected chi connectivity index (χ2v) is 16.7. The quantitative estimate of drug-likeness (QED) is 0.0200. The molecular formula is C45H82O12S. The lowest BCUT2D eigenvalue weighted by molar-refractivity contribution is -0.301.